The minimum Gasteiger partial charge on any atom is -0.493 e. The van der Waals surface area contributed by atoms with Gasteiger partial charge in [0, 0.05) is 24.2 Å². The van der Waals surface area contributed by atoms with Gasteiger partial charge in [-0.25, -0.2) is 0 Å². The summed E-state index contributed by atoms with van der Waals surface area (Å²) in [6.07, 6.45) is 1.26. The zero-order valence-electron chi connectivity index (χ0n) is 18.3. The molecule has 162 valence electrons. The van der Waals surface area contributed by atoms with E-state index in [2.05, 4.69) is 17.1 Å². The van der Waals surface area contributed by atoms with Gasteiger partial charge < -0.3 is 18.9 Å². The fourth-order valence-electron chi connectivity index (χ4n) is 3.77. The monoisotopic (exact) mass is 421 g/mol. The van der Waals surface area contributed by atoms with Crippen LogP contribution in [-0.4, -0.2) is 36.3 Å². The summed E-state index contributed by atoms with van der Waals surface area (Å²) in [6.45, 7) is 7.24. The van der Waals surface area contributed by atoms with Crippen molar-refractivity contribution in [1.29, 1.82) is 0 Å². The average Bonchev–Trinajstić information content (AvgIpc) is 3.41. The topological polar surface area (TPSA) is 77.7 Å². The molecule has 1 aliphatic rings. The van der Waals surface area contributed by atoms with Gasteiger partial charge in [0.1, 0.15) is 0 Å². The second-order valence-electron chi connectivity index (χ2n) is 7.87. The van der Waals surface area contributed by atoms with E-state index >= 15 is 0 Å². The molecule has 7 heteroatoms. The molecular formula is C24H27N3O4. The van der Waals surface area contributed by atoms with Gasteiger partial charge in [-0.05, 0) is 55.7 Å². The van der Waals surface area contributed by atoms with E-state index in [9.17, 15) is 4.79 Å². The van der Waals surface area contributed by atoms with E-state index in [0.717, 1.165) is 28.8 Å². The Labute approximate surface area is 182 Å². The van der Waals surface area contributed by atoms with Crippen molar-refractivity contribution in [3.8, 4) is 22.9 Å². The lowest BCUT2D eigenvalue weighted by Gasteiger charge is -2.19. The van der Waals surface area contributed by atoms with E-state index in [1.807, 2.05) is 55.1 Å². The standard InChI is InChI=1S/C24H27N3O4/c1-5-10-30-20-9-8-17(12-21(20)29-4)23-25-24(31-26-23)18-13-22(28)27(14-18)19-11-15(2)6-7-16(19)3/h6-9,11-12,18H,5,10,13-14H2,1-4H3. The molecule has 2 heterocycles. The van der Waals surface area contributed by atoms with Gasteiger partial charge in [-0.3, -0.25) is 4.79 Å². The predicted molar refractivity (Wildman–Crippen MR) is 118 cm³/mol. The number of rotatable bonds is 7. The van der Waals surface area contributed by atoms with Crippen molar-refractivity contribution in [1.82, 2.24) is 10.1 Å². The second kappa shape index (κ2) is 8.79. The van der Waals surface area contributed by atoms with Crippen LogP contribution in [0.4, 0.5) is 5.69 Å². The Hall–Kier alpha value is -3.35. The van der Waals surface area contributed by atoms with Crippen LogP contribution >= 0.6 is 0 Å². The normalized spacial score (nSPS) is 16.1. The molecule has 0 N–H and O–H groups in total. The highest BCUT2D eigenvalue weighted by Gasteiger charge is 2.35. The molecule has 1 saturated heterocycles. The minimum atomic E-state index is -0.136. The number of methoxy groups -OCH3 is 1. The van der Waals surface area contributed by atoms with E-state index in [4.69, 9.17) is 14.0 Å². The van der Waals surface area contributed by atoms with Crippen LogP contribution in [0, 0.1) is 13.8 Å². The van der Waals surface area contributed by atoms with Crippen LogP contribution in [0.5, 0.6) is 11.5 Å². The maximum absolute atomic E-state index is 12.7. The van der Waals surface area contributed by atoms with Gasteiger partial charge in [0.05, 0.1) is 19.6 Å². The lowest BCUT2D eigenvalue weighted by molar-refractivity contribution is -0.117. The molecule has 0 radical (unpaired) electrons. The average molecular weight is 421 g/mol. The third-order valence-electron chi connectivity index (χ3n) is 5.45. The quantitative estimate of drug-likeness (QED) is 0.552. The first-order valence-corrected chi connectivity index (χ1v) is 10.5. The van der Waals surface area contributed by atoms with Gasteiger partial charge in [-0.2, -0.15) is 4.98 Å². The summed E-state index contributed by atoms with van der Waals surface area (Å²) >= 11 is 0. The van der Waals surface area contributed by atoms with Crippen molar-refractivity contribution in [2.24, 2.45) is 0 Å². The largest absolute Gasteiger partial charge is 0.493 e. The summed E-state index contributed by atoms with van der Waals surface area (Å²) in [5, 5.41) is 4.14. The highest BCUT2D eigenvalue weighted by Crippen LogP contribution is 2.35. The van der Waals surface area contributed by atoms with E-state index in [1.54, 1.807) is 7.11 Å². The molecule has 1 aromatic heterocycles. The van der Waals surface area contributed by atoms with Gasteiger partial charge in [-0.1, -0.05) is 24.2 Å². The molecule has 2 aromatic carbocycles. The van der Waals surface area contributed by atoms with Crippen LogP contribution in [0.2, 0.25) is 0 Å². The zero-order chi connectivity index (χ0) is 22.0. The van der Waals surface area contributed by atoms with Crippen molar-refractivity contribution in [2.75, 3.05) is 25.2 Å². The van der Waals surface area contributed by atoms with Crippen molar-refractivity contribution in [3.63, 3.8) is 0 Å². The lowest BCUT2D eigenvalue weighted by atomic mass is 10.1. The molecule has 1 atom stereocenters. The predicted octanol–water partition coefficient (Wildman–Crippen LogP) is 4.67. The summed E-state index contributed by atoms with van der Waals surface area (Å²) in [5.41, 5.74) is 3.91. The van der Waals surface area contributed by atoms with Crippen molar-refractivity contribution < 1.29 is 18.8 Å². The fraction of sp³-hybridized carbons (Fsp3) is 0.375. The number of nitrogens with zero attached hydrogens (tertiary/aromatic N) is 3. The third-order valence-corrected chi connectivity index (χ3v) is 5.45. The summed E-state index contributed by atoms with van der Waals surface area (Å²) in [7, 11) is 1.60. The Kier molecular flexibility index (Phi) is 5.93. The molecule has 3 aromatic rings. The first-order valence-electron chi connectivity index (χ1n) is 10.5. The molecule has 31 heavy (non-hydrogen) atoms. The maximum atomic E-state index is 12.7. The number of aryl methyl sites for hydroxylation is 2. The summed E-state index contributed by atoms with van der Waals surface area (Å²) in [4.78, 5) is 19.1. The number of benzene rings is 2. The number of amides is 1. The Morgan fingerprint density at radius 3 is 2.77 bits per heavy atom. The second-order valence-corrected chi connectivity index (χ2v) is 7.87. The third kappa shape index (κ3) is 4.26. The lowest BCUT2D eigenvalue weighted by Crippen LogP contribution is -2.25. The van der Waals surface area contributed by atoms with E-state index in [0.29, 0.717) is 42.8 Å². The van der Waals surface area contributed by atoms with Crippen LogP contribution in [0.1, 0.15) is 42.7 Å². The molecule has 0 aliphatic carbocycles. The molecule has 1 unspecified atom stereocenters. The number of hydrogen-bond donors (Lipinski definition) is 0. The van der Waals surface area contributed by atoms with Gasteiger partial charge in [0.25, 0.3) is 0 Å². The Bertz CT molecular complexity index is 1090. The van der Waals surface area contributed by atoms with Crippen LogP contribution < -0.4 is 14.4 Å². The van der Waals surface area contributed by atoms with Gasteiger partial charge in [0.2, 0.25) is 17.6 Å². The molecule has 1 fully saturated rings. The van der Waals surface area contributed by atoms with Gasteiger partial charge >= 0.3 is 0 Å². The zero-order valence-corrected chi connectivity index (χ0v) is 18.3. The number of hydrogen-bond acceptors (Lipinski definition) is 6. The summed E-state index contributed by atoms with van der Waals surface area (Å²) < 4.78 is 16.7. The molecular weight excluding hydrogens is 394 g/mol. The highest BCUT2D eigenvalue weighted by atomic mass is 16.5. The fourth-order valence-corrected chi connectivity index (χ4v) is 3.77. The number of aromatic nitrogens is 2. The van der Waals surface area contributed by atoms with E-state index < -0.39 is 0 Å². The number of anilines is 1. The summed E-state index contributed by atoms with van der Waals surface area (Å²) in [6, 6.07) is 11.7. The smallest absolute Gasteiger partial charge is 0.232 e. The Morgan fingerprint density at radius 2 is 2.00 bits per heavy atom. The SMILES string of the molecule is CCCOc1ccc(-c2noc(C3CC(=O)N(c4cc(C)ccc4C)C3)n2)cc1OC. The highest BCUT2D eigenvalue weighted by molar-refractivity contribution is 5.97. The number of ether oxygens (including phenoxy) is 2. The molecule has 1 aliphatic heterocycles. The number of carbonyl (C=O) groups excluding carboxylic acids is 1. The van der Waals surface area contributed by atoms with Gasteiger partial charge in [-0.15, -0.1) is 0 Å². The molecule has 0 bridgehead atoms. The molecule has 0 spiro atoms. The van der Waals surface area contributed by atoms with Crippen molar-refractivity contribution in [2.45, 2.75) is 39.5 Å². The van der Waals surface area contributed by atoms with Crippen LogP contribution in [-0.2, 0) is 4.79 Å². The van der Waals surface area contributed by atoms with Crippen LogP contribution in [0.25, 0.3) is 11.4 Å². The van der Waals surface area contributed by atoms with Gasteiger partial charge in [0.15, 0.2) is 11.5 Å². The van der Waals surface area contributed by atoms with Crippen molar-refractivity contribution in [3.05, 3.63) is 53.4 Å². The Balaban J connectivity index is 1.54. The maximum Gasteiger partial charge on any atom is 0.232 e. The first kappa shape index (κ1) is 20.9. The number of carbonyl (C=O) groups is 1. The summed E-state index contributed by atoms with van der Waals surface area (Å²) in [5.74, 6) is 2.17. The minimum absolute atomic E-state index is 0.0672. The van der Waals surface area contributed by atoms with Crippen molar-refractivity contribution >= 4 is 11.6 Å². The molecule has 0 saturated carbocycles. The van der Waals surface area contributed by atoms with E-state index in [-0.39, 0.29) is 11.8 Å². The molecule has 1 amide bonds. The van der Waals surface area contributed by atoms with Crippen LogP contribution in [0.3, 0.4) is 0 Å². The van der Waals surface area contributed by atoms with E-state index in [1.165, 1.54) is 0 Å². The first-order chi connectivity index (χ1) is 15.0. The van der Waals surface area contributed by atoms with Crippen LogP contribution in [0.15, 0.2) is 40.9 Å². The molecule has 4 rings (SSSR count). The Morgan fingerprint density at radius 1 is 1.16 bits per heavy atom. The molecule has 7 nitrogen and oxygen atoms in total.